The lowest BCUT2D eigenvalue weighted by molar-refractivity contribution is 0.251. The van der Waals surface area contributed by atoms with Crippen LogP contribution in [0.25, 0.3) is 0 Å². The summed E-state index contributed by atoms with van der Waals surface area (Å²) in [5.41, 5.74) is 0.552. The molecule has 1 aromatic heterocycles. The molecule has 2 aromatic rings. The van der Waals surface area contributed by atoms with Crippen LogP contribution in [0.15, 0.2) is 18.2 Å². The van der Waals surface area contributed by atoms with Gasteiger partial charge in [0.15, 0.2) is 5.82 Å². The monoisotopic (exact) mass is 346 g/mol. The zero-order chi connectivity index (χ0) is 17.6. The van der Waals surface area contributed by atoms with Crippen LogP contribution in [0.5, 0.6) is 11.5 Å². The maximum atomic E-state index is 12.2. The molecule has 1 aromatic carbocycles. The number of urea groups is 1. The Bertz CT molecular complexity index is 726. The number of hydrogen-bond donors (Lipinski definition) is 2. The Morgan fingerprint density at radius 2 is 2.08 bits per heavy atom. The summed E-state index contributed by atoms with van der Waals surface area (Å²) in [6.07, 6.45) is 4.53. The van der Waals surface area contributed by atoms with Crippen molar-refractivity contribution in [3.05, 3.63) is 24.0 Å². The summed E-state index contributed by atoms with van der Waals surface area (Å²) < 4.78 is 12.2. The van der Waals surface area contributed by atoms with Crippen LogP contribution in [-0.2, 0) is 6.54 Å². The maximum Gasteiger partial charge on any atom is 0.319 e. The molecule has 1 aliphatic rings. The van der Waals surface area contributed by atoms with Crippen LogP contribution in [-0.4, -0.2) is 40.5 Å². The Morgan fingerprint density at radius 1 is 1.28 bits per heavy atom. The van der Waals surface area contributed by atoms with Crippen molar-refractivity contribution in [2.75, 3.05) is 19.5 Å². The first kappa shape index (κ1) is 17.0. The molecule has 0 unspecified atom stereocenters. The molecule has 1 fully saturated rings. The summed E-state index contributed by atoms with van der Waals surface area (Å²) >= 11 is 0. The van der Waals surface area contributed by atoms with Crippen molar-refractivity contribution in [1.29, 1.82) is 0 Å². The van der Waals surface area contributed by atoms with Gasteiger partial charge in [0, 0.05) is 6.07 Å². The standard InChI is InChI=1S/C16H22N6O3/c1-24-12-7-8-13(14(9-12)25-2)18-16(23)17-10-15-19-20-21-22(15)11-5-3-4-6-11/h7-9,11H,3-6,10H2,1-2H3,(H2,17,18,23). The zero-order valence-corrected chi connectivity index (χ0v) is 14.4. The molecule has 3 rings (SSSR count). The molecule has 9 heteroatoms. The molecular weight excluding hydrogens is 324 g/mol. The number of nitrogens with zero attached hydrogens (tertiary/aromatic N) is 4. The van der Waals surface area contributed by atoms with E-state index in [1.807, 2.05) is 4.68 Å². The fourth-order valence-electron chi connectivity index (χ4n) is 2.99. The molecule has 134 valence electrons. The second-order valence-electron chi connectivity index (χ2n) is 5.85. The van der Waals surface area contributed by atoms with Gasteiger partial charge in [-0.2, -0.15) is 0 Å². The van der Waals surface area contributed by atoms with Gasteiger partial charge in [-0.15, -0.1) is 5.10 Å². The van der Waals surface area contributed by atoms with Gasteiger partial charge in [0.1, 0.15) is 11.5 Å². The molecule has 1 saturated carbocycles. The summed E-state index contributed by atoms with van der Waals surface area (Å²) in [5, 5.41) is 17.3. The van der Waals surface area contributed by atoms with E-state index < -0.39 is 0 Å². The minimum Gasteiger partial charge on any atom is -0.497 e. The average molecular weight is 346 g/mol. The highest BCUT2D eigenvalue weighted by Crippen LogP contribution is 2.30. The van der Waals surface area contributed by atoms with Crippen LogP contribution in [0.1, 0.15) is 37.5 Å². The molecule has 0 atom stereocenters. The van der Waals surface area contributed by atoms with Crippen molar-refractivity contribution >= 4 is 11.7 Å². The number of anilines is 1. The number of carbonyl (C=O) groups excluding carboxylic acids is 1. The van der Waals surface area contributed by atoms with E-state index in [9.17, 15) is 4.79 Å². The van der Waals surface area contributed by atoms with E-state index in [1.165, 1.54) is 20.0 Å². The van der Waals surface area contributed by atoms with Crippen molar-refractivity contribution in [3.8, 4) is 11.5 Å². The van der Waals surface area contributed by atoms with E-state index in [0.29, 0.717) is 29.1 Å². The molecule has 0 radical (unpaired) electrons. The van der Waals surface area contributed by atoms with Crippen molar-refractivity contribution in [1.82, 2.24) is 25.5 Å². The Hall–Kier alpha value is -2.84. The maximum absolute atomic E-state index is 12.2. The number of hydrogen-bond acceptors (Lipinski definition) is 6. The smallest absolute Gasteiger partial charge is 0.319 e. The quantitative estimate of drug-likeness (QED) is 0.830. The summed E-state index contributed by atoms with van der Waals surface area (Å²) in [4.78, 5) is 12.2. The Labute approximate surface area is 145 Å². The number of aromatic nitrogens is 4. The number of rotatable bonds is 6. The molecule has 9 nitrogen and oxygen atoms in total. The topological polar surface area (TPSA) is 103 Å². The SMILES string of the molecule is COc1ccc(NC(=O)NCc2nnnn2C2CCCC2)c(OC)c1. The van der Waals surface area contributed by atoms with E-state index >= 15 is 0 Å². The summed E-state index contributed by atoms with van der Waals surface area (Å²) in [5.74, 6) is 1.83. The summed E-state index contributed by atoms with van der Waals surface area (Å²) in [6.45, 7) is 0.258. The molecule has 2 amide bonds. The third kappa shape index (κ3) is 3.98. The van der Waals surface area contributed by atoms with Crippen molar-refractivity contribution in [2.24, 2.45) is 0 Å². The lowest BCUT2D eigenvalue weighted by Crippen LogP contribution is -2.30. The first-order valence-corrected chi connectivity index (χ1v) is 8.25. The number of ether oxygens (including phenoxy) is 2. The molecule has 0 bridgehead atoms. The predicted octanol–water partition coefficient (Wildman–Crippen LogP) is 2.13. The van der Waals surface area contributed by atoms with E-state index in [4.69, 9.17) is 9.47 Å². The molecule has 0 aliphatic heterocycles. The molecule has 25 heavy (non-hydrogen) atoms. The van der Waals surface area contributed by atoms with Gasteiger partial charge in [0.05, 0.1) is 32.5 Å². The molecule has 1 aliphatic carbocycles. The molecule has 0 spiro atoms. The van der Waals surface area contributed by atoms with Gasteiger partial charge in [0.2, 0.25) is 0 Å². The summed E-state index contributed by atoms with van der Waals surface area (Å²) in [7, 11) is 3.11. The average Bonchev–Trinajstić information content (AvgIpc) is 3.31. The number of nitrogens with one attached hydrogen (secondary N) is 2. The number of benzene rings is 1. The van der Waals surface area contributed by atoms with E-state index in [1.54, 1.807) is 25.3 Å². The Kier molecular flexibility index (Phi) is 5.32. The number of methoxy groups -OCH3 is 2. The third-order valence-electron chi connectivity index (χ3n) is 4.30. The normalized spacial score (nSPS) is 14.3. The lowest BCUT2D eigenvalue weighted by atomic mass is 10.2. The van der Waals surface area contributed by atoms with Crippen LogP contribution in [0, 0.1) is 0 Å². The predicted molar refractivity (Wildman–Crippen MR) is 90.7 cm³/mol. The van der Waals surface area contributed by atoms with Gasteiger partial charge in [-0.1, -0.05) is 12.8 Å². The zero-order valence-electron chi connectivity index (χ0n) is 14.4. The minimum absolute atomic E-state index is 0.258. The highest BCUT2D eigenvalue weighted by molar-refractivity contribution is 5.91. The van der Waals surface area contributed by atoms with Crippen LogP contribution >= 0.6 is 0 Å². The fourth-order valence-corrected chi connectivity index (χ4v) is 2.99. The van der Waals surface area contributed by atoms with Crippen LogP contribution in [0.2, 0.25) is 0 Å². The van der Waals surface area contributed by atoms with E-state index in [0.717, 1.165) is 12.8 Å². The molecular formula is C16H22N6O3. The number of tetrazole rings is 1. The van der Waals surface area contributed by atoms with Crippen LogP contribution in [0.3, 0.4) is 0 Å². The van der Waals surface area contributed by atoms with Crippen molar-refractivity contribution in [2.45, 2.75) is 38.3 Å². The fraction of sp³-hybridized carbons (Fsp3) is 0.500. The first-order chi connectivity index (χ1) is 12.2. The van der Waals surface area contributed by atoms with Crippen molar-refractivity contribution in [3.63, 3.8) is 0 Å². The first-order valence-electron chi connectivity index (χ1n) is 8.25. The molecule has 2 N–H and O–H groups in total. The minimum atomic E-state index is -0.357. The van der Waals surface area contributed by atoms with E-state index in [-0.39, 0.29) is 12.6 Å². The van der Waals surface area contributed by atoms with Gasteiger partial charge in [-0.3, -0.25) is 0 Å². The van der Waals surface area contributed by atoms with Gasteiger partial charge in [0.25, 0.3) is 0 Å². The van der Waals surface area contributed by atoms with Gasteiger partial charge in [-0.05, 0) is 35.4 Å². The largest absolute Gasteiger partial charge is 0.497 e. The Balaban J connectivity index is 1.59. The second-order valence-corrected chi connectivity index (χ2v) is 5.85. The van der Waals surface area contributed by atoms with Gasteiger partial charge in [-0.25, -0.2) is 9.48 Å². The molecule has 1 heterocycles. The number of amides is 2. The highest BCUT2D eigenvalue weighted by atomic mass is 16.5. The number of carbonyl (C=O) groups is 1. The molecule has 0 saturated heterocycles. The van der Waals surface area contributed by atoms with Gasteiger partial charge < -0.3 is 20.1 Å². The summed E-state index contributed by atoms with van der Waals surface area (Å²) in [6, 6.07) is 5.15. The lowest BCUT2D eigenvalue weighted by Gasteiger charge is -2.13. The Morgan fingerprint density at radius 3 is 2.80 bits per heavy atom. The van der Waals surface area contributed by atoms with E-state index in [2.05, 4.69) is 26.2 Å². The van der Waals surface area contributed by atoms with Gasteiger partial charge >= 0.3 is 6.03 Å². The third-order valence-corrected chi connectivity index (χ3v) is 4.30. The van der Waals surface area contributed by atoms with Crippen molar-refractivity contribution < 1.29 is 14.3 Å². The van der Waals surface area contributed by atoms with Crippen LogP contribution < -0.4 is 20.1 Å². The highest BCUT2D eigenvalue weighted by Gasteiger charge is 2.21. The van der Waals surface area contributed by atoms with Crippen LogP contribution in [0.4, 0.5) is 10.5 Å². The second kappa shape index (κ2) is 7.82.